The summed E-state index contributed by atoms with van der Waals surface area (Å²) in [6.07, 6.45) is -4.35. The molecule has 0 atom stereocenters. The van der Waals surface area contributed by atoms with E-state index >= 15 is 0 Å². The van der Waals surface area contributed by atoms with Crippen LogP contribution in [0.5, 0.6) is 0 Å². The highest BCUT2D eigenvalue weighted by atomic mass is 28.3. The van der Waals surface area contributed by atoms with E-state index in [1.54, 1.807) is 0 Å². The molecule has 0 fully saturated rings. The fraction of sp³-hybridized carbons (Fsp3) is 0.0357. The first-order valence-corrected chi connectivity index (χ1v) is 43.3. The molecule has 0 amide bonds. The summed E-state index contributed by atoms with van der Waals surface area (Å²) in [5.74, 6) is -0.220. The SMILES string of the molecule is C[Si](C)(C)c1cccc(-c2c3ccccc3c(-c3ccc(-c4ccccc4)cc3)c3ccccc23)c1.FC(F)(F)c1ccc(-c2ccc(-c3c4ccccc4c(-c4cccc(-c5ccccc5)c4)c4ccccc34)cc2)cc1.Fc1ccc(-c2ccc(-c3c4ccccc4c(-c4cccc(-c5ccccc5)c4)c4ccccc34)cc2)cc1. The van der Waals surface area contributed by atoms with Crippen LogP contribution in [0, 0.1) is 5.82 Å². The Balaban J connectivity index is 0.000000122. The largest absolute Gasteiger partial charge is 0.416 e. The highest BCUT2D eigenvalue weighted by Crippen LogP contribution is 2.49. The van der Waals surface area contributed by atoms with Crippen molar-refractivity contribution in [2.45, 2.75) is 25.8 Å². The zero-order valence-corrected chi connectivity index (χ0v) is 66.0. The minimum atomic E-state index is -4.35. The Bertz CT molecular complexity index is 6840. The molecule has 20 rings (SSSR count). The molecule has 0 saturated heterocycles. The molecule has 0 bridgehead atoms. The third-order valence-corrected chi connectivity index (χ3v) is 24.7. The summed E-state index contributed by atoms with van der Waals surface area (Å²) < 4.78 is 52.6. The van der Waals surface area contributed by atoms with Gasteiger partial charge in [-0.2, -0.15) is 13.2 Å². The predicted octanol–water partition coefficient (Wildman–Crippen LogP) is 32.0. The first-order chi connectivity index (χ1) is 57.2. The molecule has 0 unspecified atom stereocenters. The average Bonchev–Trinajstić information content (AvgIpc) is 0.744. The predicted molar refractivity (Wildman–Crippen MR) is 492 cm³/mol. The Labute approximate surface area is 681 Å². The van der Waals surface area contributed by atoms with E-state index in [1.807, 2.05) is 30.3 Å². The summed E-state index contributed by atoms with van der Waals surface area (Å²) in [7, 11) is -1.43. The smallest absolute Gasteiger partial charge is 0.207 e. The van der Waals surface area contributed by atoms with E-state index in [9.17, 15) is 17.6 Å². The third-order valence-electron chi connectivity index (χ3n) is 22.7. The summed E-state index contributed by atoms with van der Waals surface area (Å²) in [5, 5.41) is 16.3. The van der Waals surface area contributed by atoms with Gasteiger partial charge in [-0.15, -0.1) is 0 Å². The Kier molecular flexibility index (Phi) is 20.4. The van der Waals surface area contributed by atoms with Gasteiger partial charge in [0.1, 0.15) is 5.82 Å². The first-order valence-electron chi connectivity index (χ1n) is 39.8. The van der Waals surface area contributed by atoms with Crippen LogP contribution in [0.4, 0.5) is 17.6 Å². The third kappa shape index (κ3) is 15.1. The van der Waals surface area contributed by atoms with Crippen LogP contribution in [0.1, 0.15) is 5.56 Å². The van der Waals surface area contributed by atoms with E-state index < -0.39 is 19.8 Å². The maximum atomic E-state index is 13.4. The van der Waals surface area contributed by atoms with Crippen LogP contribution in [-0.2, 0) is 6.18 Å². The van der Waals surface area contributed by atoms with Gasteiger partial charge in [0.25, 0.3) is 0 Å². The van der Waals surface area contributed by atoms with Gasteiger partial charge < -0.3 is 0 Å². The molecule has 560 valence electrons. The number of hydrogen-bond donors (Lipinski definition) is 0. The number of halogens is 4. The van der Waals surface area contributed by atoms with E-state index in [1.165, 1.54) is 161 Å². The fourth-order valence-electron chi connectivity index (χ4n) is 17.0. The quantitative estimate of drug-likeness (QED) is 0.0650. The number of rotatable bonds is 12. The van der Waals surface area contributed by atoms with Crippen LogP contribution in [0.15, 0.2) is 431 Å². The Morgan fingerprint density at radius 2 is 0.359 bits per heavy atom. The van der Waals surface area contributed by atoms with Gasteiger partial charge in [0, 0.05) is 0 Å². The van der Waals surface area contributed by atoms with Gasteiger partial charge in [-0.1, -0.05) is 419 Å². The Hall–Kier alpha value is -14.1. The van der Waals surface area contributed by atoms with Gasteiger partial charge in [-0.05, 0) is 223 Å². The molecule has 5 heteroatoms. The normalized spacial score (nSPS) is 11.5. The monoisotopic (exact) mass is 1530 g/mol. The number of benzene rings is 20. The maximum Gasteiger partial charge on any atom is 0.416 e. The van der Waals surface area contributed by atoms with Crippen LogP contribution >= 0.6 is 0 Å². The second-order valence-electron chi connectivity index (χ2n) is 30.9. The lowest BCUT2D eigenvalue weighted by atomic mass is 9.85. The summed E-state index contributed by atoms with van der Waals surface area (Å²) in [6.45, 7) is 7.26. The molecule has 0 aliphatic rings. The summed E-state index contributed by atoms with van der Waals surface area (Å²) >= 11 is 0. The molecule has 0 N–H and O–H groups in total. The molecular formula is C112H80F4Si. The molecule has 0 nitrogen and oxygen atoms in total. The van der Waals surface area contributed by atoms with Crippen molar-refractivity contribution in [1.29, 1.82) is 0 Å². The van der Waals surface area contributed by atoms with Crippen molar-refractivity contribution in [3.63, 3.8) is 0 Å². The van der Waals surface area contributed by atoms with Crippen molar-refractivity contribution in [2.24, 2.45) is 0 Å². The summed E-state index contributed by atoms with van der Waals surface area (Å²) in [5.41, 5.74) is 25.0. The molecule has 0 heterocycles. The van der Waals surface area contributed by atoms with Crippen molar-refractivity contribution >= 4 is 77.9 Å². The first kappa shape index (κ1) is 74.3. The molecule has 0 spiro atoms. The van der Waals surface area contributed by atoms with Crippen molar-refractivity contribution in [3.8, 4) is 122 Å². The lowest BCUT2D eigenvalue weighted by molar-refractivity contribution is -0.137. The van der Waals surface area contributed by atoms with Crippen LogP contribution in [0.3, 0.4) is 0 Å². The van der Waals surface area contributed by atoms with Gasteiger partial charge in [0.15, 0.2) is 0 Å². The molecule has 20 aromatic carbocycles. The molecule has 0 radical (unpaired) electrons. The lowest BCUT2D eigenvalue weighted by Crippen LogP contribution is -2.37. The number of fused-ring (bicyclic) bond motifs is 6. The molecule has 0 aromatic heterocycles. The topological polar surface area (TPSA) is 0 Å². The maximum absolute atomic E-state index is 13.4. The van der Waals surface area contributed by atoms with Crippen LogP contribution in [0.2, 0.25) is 19.6 Å². The van der Waals surface area contributed by atoms with Gasteiger partial charge in [0.2, 0.25) is 0 Å². The number of alkyl halides is 3. The number of hydrogen-bond acceptors (Lipinski definition) is 0. The molecule has 20 aromatic rings. The zero-order chi connectivity index (χ0) is 79.6. The van der Waals surface area contributed by atoms with E-state index in [4.69, 9.17) is 0 Å². The molecule has 0 saturated carbocycles. The van der Waals surface area contributed by atoms with Gasteiger partial charge in [0.05, 0.1) is 13.6 Å². The highest BCUT2D eigenvalue weighted by molar-refractivity contribution is 6.88. The van der Waals surface area contributed by atoms with Crippen molar-refractivity contribution in [1.82, 2.24) is 0 Å². The lowest BCUT2D eigenvalue weighted by Gasteiger charge is -2.20. The molecule has 0 aliphatic heterocycles. The average molecular weight is 1530 g/mol. The highest BCUT2D eigenvalue weighted by Gasteiger charge is 2.30. The minimum Gasteiger partial charge on any atom is -0.207 e. The van der Waals surface area contributed by atoms with E-state index in [0.29, 0.717) is 0 Å². The molecular weight excluding hydrogens is 1450 g/mol. The second-order valence-corrected chi connectivity index (χ2v) is 36.0. The van der Waals surface area contributed by atoms with E-state index in [-0.39, 0.29) is 5.82 Å². The van der Waals surface area contributed by atoms with E-state index in [0.717, 1.165) is 67.4 Å². The molecule has 0 aliphatic carbocycles. The van der Waals surface area contributed by atoms with Crippen molar-refractivity contribution in [3.05, 3.63) is 442 Å². The van der Waals surface area contributed by atoms with Crippen LogP contribution in [-0.4, -0.2) is 8.07 Å². The zero-order valence-electron chi connectivity index (χ0n) is 65.0. The standard InChI is InChI=1S/C39H25F3.C38H25F.C35H30Si/c40-39(41,42)32-23-21-28(22-24-32)27-17-19-29(20-18-27)37-33-13-4-6-15-35(33)38(36-16-7-5-14-34(36)37)31-12-8-11-30(25-31)26-9-2-1-3-10-26;39-32-23-21-28(22-24-32)27-17-19-29(20-18-27)37-33-13-4-6-15-35(33)38(36-16-7-5-14-34(36)37)31-12-8-11-30(25-31)26-9-2-1-3-10-26;1-36(2,3)29-15-11-14-28(24-29)35-32-18-9-7-16-30(32)34(31-17-8-10-19-33(31)35)27-22-20-26(21-23-27)25-12-5-4-6-13-25/h1-25H;1-25H;4-24H,1-3H3. The van der Waals surface area contributed by atoms with E-state index in [2.05, 4.69) is 384 Å². The molecule has 117 heavy (non-hydrogen) atoms. The Morgan fingerprint density at radius 1 is 0.171 bits per heavy atom. The summed E-state index contributed by atoms with van der Waals surface area (Å²) in [6, 6.07) is 148. The fourth-order valence-corrected chi connectivity index (χ4v) is 18.2. The summed E-state index contributed by atoms with van der Waals surface area (Å²) in [4.78, 5) is 0. The second kappa shape index (κ2) is 32.1. The van der Waals surface area contributed by atoms with Crippen LogP contribution in [0.25, 0.3) is 187 Å². The van der Waals surface area contributed by atoms with Crippen molar-refractivity contribution in [2.75, 3.05) is 0 Å². The van der Waals surface area contributed by atoms with Crippen molar-refractivity contribution < 1.29 is 17.6 Å². The van der Waals surface area contributed by atoms with Gasteiger partial charge >= 0.3 is 6.18 Å². The Morgan fingerprint density at radius 3 is 0.624 bits per heavy atom. The van der Waals surface area contributed by atoms with Crippen LogP contribution < -0.4 is 5.19 Å². The minimum absolute atomic E-state index is 0.220. The van der Waals surface area contributed by atoms with Gasteiger partial charge in [-0.3, -0.25) is 0 Å². The van der Waals surface area contributed by atoms with Gasteiger partial charge in [-0.25, -0.2) is 4.39 Å².